The summed E-state index contributed by atoms with van der Waals surface area (Å²) in [4.78, 5) is 4.48. The van der Waals surface area contributed by atoms with Crippen LogP contribution in [-0.4, -0.2) is 48.2 Å². The molecule has 1 aliphatic heterocycles. The van der Waals surface area contributed by atoms with E-state index in [1.54, 1.807) is 12.1 Å². The number of halogens is 1. The Morgan fingerprint density at radius 1 is 1.38 bits per heavy atom. The molecule has 3 N–H and O–H groups in total. The number of hydrogen-bond donors (Lipinski definition) is 2. The fraction of sp³-hybridized carbons (Fsp3) is 0.533. The fourth-order valence-electron chi connectivity index (χ4n) is 2.64. The molecular formula is C15H23FN4O. The molecule has 0 amide bonds. The third-order valence-electron chi connectivity index (χ3n) is 4.22. The number of anilines is 1. The third kappa shape index (κ3) is 3.44. The van der Waals surface area contributed by atoms with Gasteiger partial charge in [-0.1, -0.05) is 12.1 Å². The average Bonchev–Trinajstić information content (AvgIpc) is 2.53. The highest BCUT2D eigenvalue weighted by molar-refractivity contribution is 5.97. The molecule has 21 heavy (non-hydrogen) atoms. The molecular weight excluding hydrogens is 271 g/mol. The van der Waals surface area contributed by atoms with Gasteiger partial charge in [-0.05, 0) is 31.5 Å². The number of piperazine rings is 1. The lowest BCUT2D eigenvalue weighted by atomic mass is 10.1. The van der Waals surface area contributed by atoms with Crippen LogP contribution in [0.5, 0.6) is 0 Å². The van der Waals surface area contributed by atoms with Gasteiger partial charge < -0.3 is 15.8 Å². The van der Waals surface area contributed by atoms with Crippen LogP contribution in [0, 0.1) is 5.82 Å². The second kappa shape index (κ2) is 6.76. The highest BCUT2D eigenvalue weighted by atomic mass is 19.1. The molecule has 1 atom stereocenters. The Kier molecular flexibility index (Phi) is 5.01. The smallest absolute Gasteiger partial charge is 0.170 e. The Bertz CT molecular complexity index is 512. The van der Waals surface area contributed by atoms with Crippen molar-refractivity contribution in [3.63, 3.8) is 0 Å². The predicted octanol–water partition coefficient (Wildman–Crippen LogP) is 1.84. The van der Waals surface area contributed by atoms with Gasteiger partial charge >= 0.3 is 0 Å². The van der Waals surface area contributed by atoms with E-state index in [1.165, 1.54) is 6.07 Å². The fourth-order valence-corrected chi connectivity index (χ4v) is 2.64. The van der Waals surface area contributed by atoms with Crippen LogP contribution in [-0.2, 0) is 0 Å². The van der Waals surface area contributed by atoms with E-state index in [0.717, 1.165) is 32.6 Å². The van der Waals surface area contributed by atoms with Crippen molar-refractivity contribution in [1.82, 2.24) is 4.90 Å². The van der Waals surface area contributed by atoms with Crippen molar-refractivity contribution in [2.45, 2.75) is 26.3 Å². The summed E-state index contributed by atoms with van der Waals surface area (Å²) < 4.78 is 14.2. The maximum atomic E-state index is 14.2. The third-order valence-corrected chi connectivity index (χ3v) is 4.22. The molecule has 1 aromatic rings. The first kappa shape index (κ1) is 15.6. The zero-order chi connectivity index (χ0) is 15.4. The van der Waals surface area contributed by atoms with Gasteiger partial charge in [0.1, 0.15) is 5.82 Å². The van der Waals surface area contributed by atoms with Gasteiger partial charge in [-0.2, -0.15) is 0 Å². The second-order valence-corrected chi connectivity index (χ2v) is 5.43. The van der Waals surface area contributed by atoms with Gasteiger partial charge in [0, 0.05) is 37.8 Å². The molecule has 1 fully saturated rings. The van der Waals surface area contributed by atoms with Gasteiger partial charge in [0.05, 0.1) is 5.69 Å². The molecule has 0 bridgehead atoms. The van der Waals surface area contributed by atoms with Crippen LogP contribution in [0.2, 0.25) is 0 Å². The lowest BCUT2D eigenvalue weighted by Gasteiger charge is -2.39. The van der Waals surface area contributed by atoms with Gasteiger partial charge in [-0.3, -0.25) is 4.90 Å². The number of nitrogens with zero attached hydrogens (tertiary/aromatic N) is 3. The summed E-state index contributed by atoms with van der Waals surface area (Å²) >= 11 is 0. The zero-order valence-electron chi connectivity index (χ0n) is 12.6. The van der Waals surface area contributed by atoms with E-state index in [-0.39, 0.29) is 11.7 Å². The van der Waals surface area contributed by atoms with Gasteiger partial charge in [0.2, 0.25) is 0 Å². The van der Waals surface area contributed by atoms with E-state index in [9.17, 15) is 4.39 Å². The summed E-state index contributed by atoms with van der Waals surface area (Å²) in [7, 11) is 0. The van der Waals surface area contributed by atoms with E-state index in [0.29, 0.717) is 17.3 Å². The van der Waals surface area contributed by atoms with Crippen LogP contribution in [0.25, 0.3) is 0 Å². The molecule has 0 aromatic heterocycles. The Hall–Kier alpha value is -1.82. The van der Waals surface area contributed by atoms with Crippen molar-refractivity contribution in [2.75, 3.05) is 31.1 Å². The molecule has 1 aliphatic rings. The first-order valence-corrected chi connectivity index (χ1v) is 7.33. The van der Waals surface area contributed by atoms with Crippen LogP contribution in [0.15, 0.2) is 23.4 Å². The SMILES string of the molecule is CCC(C)N1CCN(c2ccc(C(N)=NO)cc2F)CC1. The minimum atomic E-state index is -0.337. The summed E-state index contributed by atoms with van der Waals surface area (Å²) in [5.74, 6) is -0.418. The summed E-state index contributed by atoms with van der Waals surface area (Å²) in [5.41, 5.74) is 6.43. The van der Waals surface area contributed by atoms with Gasteiger partial charge in [0.25, 0.3) is 0 Å². The molecule has 0 aliphatic carbocycles. The molecule has 1 aromatic carbocycles. The largest absolute Gasteiger partial charge is 0.409 e. The highest BCUT2D eigenvalue weighted by Crippen LogP contribution is 2.22. The Labute approximate surface area is 124 Å². The Morgan fingerprint density at radius 3 is 2.57 bits per heavy atom. The second-order valence-electron chi connectivity index (χ2n) is 5.43. The molecule has 0 spiro atoms. The molecule has 0 saturated carbocycles. The van der Waals surface area contributed by atoms with Gasteiger partial charge in [-0.25, -0.2) is 4.39 Å². The molecule has 6 heteroatoms. The van der Waals surface area contributed by atoms with Crippen molar-refractivity contribution >= 4 is 11.5 Å². The monoisotopic (exact) mass is 294 g/mol. The molecule has 1 saturated heterocycles. The van der Waals surface area contributed by atoms with Crippen molar-refractivity contribution in [1.29, 1.82) is 0 Å². The van der Waals surface area contributed by atoms with Crippen LogP contribution < -0.4 is 10.6 Å². The summed E-state index contributed by atoms with van der Waals surface area (Å²) in [6.07, 6.45) is 1.13. The normalized spacial score (nSPS) is 18.8. The van der Waals surface area contributed by atoms with Crippen LogP contribution in [0.4, 0.5) is 10.1 Å². The first-order valence-electron chi connectivity index (χ1n) is 7.33. The van der Waals surface area contributed by atoms with Gasteiger partial charge in [0.15, 0.2) is 5.84 Å². The van der Waals surface area contributed by atoms with Crippen LogP contribution in [0.1, 0.15) is 25.8 Å². The van der Waals surface area contributed by atoms with Crippen molar-refractivity contribution in [3.05, 3.63) is 29.6 Å². The lowest BCUT2D eigenvalue weighted by molar-refractivity contribution is 0.192. The summed E-state index contributed by atoms with van der Waals surface area (Å²) in [5, 5.41) is 11.5. The predicted molar refractivity (Wildman–Crippen MR) is 82.4 cm³/mol. The highest BCUT2D eigenvalue weighted by Gasteiger charge is 2.22. The zero-order valence-corrected chi connectivity index (χ0v) is 12.6. The summed E-state index contributed by atoms with van der Waals surface area (Å²) in [6, 6.07) is 5.25. The molecule has 1 unspecified atom stereocenters. The van der Waals surface area contributed by atoms with E-state index in [1.807, 2.05) is 4.90 Å². The van der Waals surface area contributed by atoms with E-state index >= 15 is 0 Å². The first-order chi connectivity index (χ1) is 10.1. The van der Waals surface area contributed by atoms with E-state index in [4.69, 9.17) is 10.9 Å². The van der Waals surface area contributed by atoms with Crippen LogP contribution in [0.3, 0.4) is 0 Å². The van der Waals surface area contributed by atoms with Crippen molar-refractivity contribution in [2.24, 2.45) is 10.9 Å². The Morgan fingerprint density at radius 2 is 2.05 bits per heavy atom. The lowest BCUT2D eigenvalue weighted by Crippen LogP contribution is -2.49. The molecule has 0 radical (unpaired) electrons. The quantitative estimate of drug-likeness (QED) is 0.385. The minimum absolute atomic E-state index is 0.0814. The topological polar surface area (TPSA) is 65.1 Å². The molecule has 116 valence electrons. The maximum absolute atomic E-state index is 14.2. The van der Waals surface area contributed by atoms with Crippen LogP contribution >= 0.6 is 0 Å². The standard InChI is InChI=1S/C15H23FN4O/c1-3-11(2)19-6-8-20(9-7-19)14-5-4-12(10-13(14)16)15(17)18-21/h4-5,10-11,21H,3,6-9H2,1-2H3,(H2,17,18). The minimum Gasteiger partial charge on any atom is -0.409 e. The average molecular weight is 294 g/mol. The number of benzene rings is 1. The van der Waals surface area contributed by atoms with E-state index in [2.05, 4.69) is 23.9 Å². The number of oxime groups is 1. The number of hydrogen-bond acceptors (Lipinski definition) is 4. The molecule has 5 nitrogen and oxygen atoms in total. The summed E-state index contributed by atoms with van der Waals surface area (Å²) in [6.45, 7) is 7.91. The molecule has 2 rings (SSSR count). The Balaban J connectivity index is 2.07. The number of nitrogens with two attached hydrogens (primary N) is 1. The van der Waals surface area contributed by atoms with Crippen molar-refractivity contribution < 1.29 is 9.60 Å². The van der Waals surface area contributed by atoms with Crippen molar-refractivity contribution in [3.8, 4) is 0 Å². The molecule has 1 heterocycles. The van der Waals surface area contributed by atoms with E-state index < -0.39 is 0 Å². The van der Waals surface area contributed by atoms with Gasteiger partial charge in [-0.15, -0.1) is 0 Å². The number of rotatable bonds is 4. The number of amidine groups is 1. The maximum Gasteiger partial charge on any atom is 0.170 e.